The molecule has 1 N–H and O–H groups in total. The fraction of sp³-hybridized carbons (Fsp3) is 0.533. The lowest BCUT2D eigenvalue weighted by Gasteiger charge is -2.31. The van der Waals surface area contributed by atoms with Crippen LogP contribution in [0, 0.1) is 0 Å². The summed E-state index contributed by atoms with van der Waals surface area (Å²) >= 11 is 0. The number of carboxylic acid groups (broad SMARTS) is 1. The normalized spacial score (nSPS) is 12.4. The fourth-order valence-electron chi connectivity index (χ4n) is 2.41. The Morgan fingerprint density at radius 1 is 1.10 bits per heavy atom. The third-order valence-corrected chi connectivity index (χ3v) is 9.25. The third kappa shape index (κ3) is 6.50. The highest BCUT2D eigenvalue weighted by molar-refractivity contribution is 6.84. The molecule has 0 saturated heterocycles. The maximum atomic E-state index is 10.8. The fourth-order valence-corrected chi connectivity index (χ4v) is 10.5. The average Bonchev–Trinajstić information content (AvgIpc) is 2.26. The van der Waals surface area contributed by atoms with Crippen molar-refractivity contribution in [2.45, 2.75) is 51.6 Å². The van der Waals surface area contributed by atoms with Crippen molar-refractivity contribution in [3.05, 3.63) is 35.4 Å². The number of carbonyl (C=O) groups is 1. The minimum atomic E-state index is -1.55. The minimum absolute atomic E-state index is 0.352. The molecule has 0 spiro atoms. The Morgan fingerprint density at radius 2 is 1.65 bits per heavy atom. The molecule has 0 heterocycles. The molecular formula is C15H26O3Si2. The van der Waals surface area contributed by atoms with Crippen LogP contribution in [0.4, 0.5) is 0 Å². The molecule has 5 heteroatoms. The zero-order chi connectivity index (χ0) is 15.4. The lowest BCUT2D eigenvalue weighted by atomic mass is 10.1. The van der Waals surface area contributed by atoms with Gasteiger partial charge in [-0.05, 0) is 69.3 Å². The van der Waals surface area contributed by atoms with Gasteiger partial charge in [0, 0.05) is 0 Å². The number of carboxylic acids is 1. The molecule has 1 rings (SSSR count). The van der Waals surface area contributed by atoms with Crippen LogP contribution >= 0.6 is 0 Å². The van der Waals surface area contributed by atoms with Crippen molar-refractivity contribution >= 4 is 22.6 Å². The summed E-state index contributed by atoms with van der Waals surface area (Å²) in [7, 11) is -3.00. The second-order valence-corrected chi connectivity index (χ2v) is 15.9. The summed E-state index contributed by atoms with van der Waals surface area (Å²) in [6, 6.07) is 8.34. The summed E-state index contributed by atoms with van der Waals surface area (Å²) in [6.07, 6.45) is 2.10. The molecule has 1 aromatic carbocycles. The first-order valence-corrected chi connectivity index (χ1v) is 13.6. The van der Waals surface area contributed by atoms with Crippen LogP contribution in [0.5, 0.6) is 0 Å². The van der Waals surface area contributed by atoms with Gasteiger partial charge in [-0.1, -0.05) is 12.1 Å². The molecule has 3 nitrogen and oxygen atoms in total. The molecule has 20 heavy (non-hydrogen) atoms. The van der Waals surface area contributed by atoms with E-state index in [1.54, 1.807) is 12.1 Å². The zero-order valence-corrected chi connectivity index (χ0v) is 15.2. The monoisotopic (exact) mass is 310 g/mol. The smallest absolute Gasteiger partial charge is 0.335 e. The number of hydrogen-bond donors (Lipinski definition) is 1. The molecule has 0 aliphatic heterocycles. The van der Waals surface area contributed by atoms with Gasteiger partial charge in [-0.15, -0.1) is 0 Å². The van der Waals surface area contributed by atoms with Gasteiger partial charge in [-0.25, -0.2) is 4.79 Å². The lowest BCUT2D eigenvalue weighted by Crippen LogP contribution is -2.42. The largest absolute Gasteiger partial charge is 0.478 e. The highest BCUT2D eigenvalue weighted by Gasteiger charge is 2.28. The molecule has 0 aliphatic rings. The van der Waals surface area contributed by atoms with E-state index in [0.717, 1.165) is 18.9 Å². The van der Waals surface area contributed by atoms with Gasteiger partial charge >= 0.3 is 5.97 Å². The summed E-state index contributed by atoms with van der Waals surface area (Å²) in [5, 5.41) is 8.86. The van der Waals surface area contributed by atoms with Gasteiger partial charge in [0.15, 0.2) is 16.6 Å². The van der Waals surface area contributed by atoms with Crippen molar-refractivity contribution in [3.63, 3.8) is 0 Å². The lowest BCUT2D eigenvalue weighted by molar-refractivity contribution is 0.0697. The molecule has 0 aromatic heterocycles. The number of benzene rings is 1. The van der Waals surface area contributed by atoms with Crippen molar-refractivity contribution in [2.75, 3.05) is 0 Å². The number of aryl methyl sites for hydroxylation is 1. The van der Waals surface area contributed by atoms with Gasteiger partial charge in [0.05, 0.1) is 5.56 Å². The Balaban J connectivity index is 2.46. The zero-order valence-electron chi connectivity index (χ0n) is 13.2. The SMILES string of the molecule is C[Si](C)(C)O[Si](C)(C)CCCc1ccc(C(=O)O)cc1. The highest BCUT2D eigenvalue weighted by atomic mass is 28.4. The van der Waals surface area contributed by atoms with E-state index in [-0.39, 0.29) is 0 Å². The molecule has 112 valence electrons. The summed E-state index contributed by atoms with van der Waals surface area (Å²) < 4.78 is 6.31. The first-order valence-electron chi connectivity index (χ1n) is 7.11. The number of rotatable bonds is 7. The number of aromatic carboxylic acids is 1. The van der Waals surface area contributed by atoms with Crippen LogP contribution < -0.4 is 0 Å². The van der Waals surface area contributed by atoms with Crippen LogP contribution in [-0.2, 0) is 10.5 Å². The van der Waals surface area contributed by atoms with Gasteiger partial charge in [-0.2, -0.15) is 0 Å². The maximum Gasteiger partial charge on any atom is 0.335 e. The predicted octanol–water partition coefficient (Wildman–Crippen LogP) is 4.37. The quantitative estimate of drug-likeness (QED) is 0.760. The molecular weight excluding hydrogens is 284 g/mol. The van der Waals surface area contributed by atoms with E-state index in [9.17, 15) is 4.79 Å². The van der Waals surface area contributed by atoms with Crippen molar-refractivity contribution in [2.24, 2.45) is 0 Å². The average molecular weight is 311 g/mol. The Hall–Kier alpha value is -0.916. The van der Waals surface area contributed by atoms with Crippen LogP contribution in [0.25, 0.3) is 0 Å². The van der Waals surface area contributed by atoms with Gasteiger partial charge in [-0.3, -0.25) is 0 Å². The third-order valence-electron chi connectivity index (χ3n) is 3.03. The van der Waals surface area contributed by atoms with Gasteiger partial charge in [0.2, 0.25) is 0 Å². The summed E-state index contributed by atoms with van der Waals surface area (Å²) in [6.45, 7) is 11.3. The molecule has 0 saturated carbocycles. The van der Waals surface area contributed by atoms with Crippen molar-refractivity contribution < 1.29 is 14.0 Å². The second kappa shape index (κ2) is 6.69. The Kier molecular flexibility index (Phi) is 5.73. The van der Waals surface area contributed by atoms with Gasteiger partial charge < -0.3 is 9.22 Å². The summed E-state index contributed by atoms with van der Waals surface area (Å²) in [4.78, 5) is 10.8. The van der Waals surface area contributed by atoms with Crippen molar-refractivity contribution in [1.82, 2.24) is 0 Å². The Morgan fingerprint density at radius 3 is 2.10 bits per heavy atom. The molecule has 0 bridgehead atoms. The summed E-state index contributed by atoms with van der Waals surface area (Å²) in [5.41, 5.74) is 1.55. The Labute approximate surface area is 124 Å². The van der Waals surface area contributed by atoms with Crippen LogP contribution in [0.15, 0.2) is 24.3 Å². The molecule has 0 radical (unpaired) electrons. The minimum Gasteiger partial charge on any atom is -0.478 e. The van der Waals surface area contributed by atoms with E-state index in [0.29, 0.717) is 5.56 Å². The standard InChI is InChI=1S/C15H26O3Si2/c1-19(2,3)18-20(4,5)12-6-7-13-8-10-14(11-9-13)15(16)17/h8-11H,6-7,12H2,1-5H3,(H,16,17). The molecule has 0 atom stereocenters. The Bertz CT molecular complexity index is 447. The van der Waals surface area contributed by atoms with Crippen LogP contribution in [0.3, 0.4) is 0 Å². The van der Waals surface area contributed by atoms with E-state index < -0.39 is 22.6 Å². The van der Waals surface area contributed by atoms with Crippen LogP contribution in [-0.4, -0.2) is 27.7 Å². The summed E-state index contributed by atoms with van der Waals surface area (Å²) in [5.74, 6) is -0.867. The molecule has 0 aliphatic carbocycles. The van der Waals surface area contributed by atoms with E-state index in [4.69, 9.17) is 9.22 Å². The van der Waals surface area contributed by atoms with Crippen LogP contribution in [0.2, 0.25) is 38.8 Å². The second-order valence-electron chi connectivity index (χ2n) is 6.83. The van der Waals surface area contributed by atoms with E-state index in [1.165, 1.54) is 5.56 Å². The highest BCUT2D eigenvalue weighted by Crippen LogP contribution is 2.21. The first-order chi connectivity index (χ1) is 9.09. The van der Waals surface area contributed by atoms with Gasteiger partial charge in [0.25, 0.3) is 0 Å². The molecule has 0 amide bonds. The van der Waals surface area contributed by atoms with E-state index >= 15 is 0 Å². The predicted molar refractivity (Wildman–Crippen MR) is 88.4 cm³/mol. The first kappa shape index (κ1) is 17.1. The van der Waals surface area contributed by atoms with Crippen molar-refractivity contribution in [3.8, 4) is 0 Å². The van der Waals surface area contributed by atoms with Crippen molar-refractivity contribution in [1.29, 1.82) is 0 Å². The number of hydrogen-bond acceptors (Lipinski definition) is 2. The van der Waals surface area contributed by atoms with E-state index in [2.05, 4.69) is 32.7 Å². The van der Waals surface area contributed by atoms with Gasteiger partial charge in [0.1, 0.15) is 0 Å². The van der Waals surface area contributed by atoms with E-state index in [1.807, 2.05) is 12.1 Å². The maximum absolute atomic E-state index is 10.8. The molecule has 0 unspecified atom stereocenters. The van der Waals surface area contributed by atoms with Crippen LogP contribution in [0.1, 0.15) is 22.3 Å². The molecule has 0 fully saturated rings. The topological polar surface area (TPSA) is 46.5 Å². The molecule has 1 aromatic rings.